The van der Waals surface area contributed by atoms with E-state index in [0.717, 1.165) is 18.4 Å². The SMILES string of the molecule is CCCCNC(=O)c1ccc(CNC(=NC)N2CCS(=O)(=O)C(C)(C)C2)cc1.I. The zero-order valence-corrected chi connectivity index (χ0v) is 20.8. The number of hydrogen-bond donors (Lipinski definition) is 2. The third-order valence-electron chi connectivity index (χ3n) is 5.04. The molecule has 1 aliphatic heterocycles. The van der Waals surface area contributed by atoms with E-state index in [9.17, 15) is 13.2 Å². The predicted molar refractivity (Wildman–Crippen MR) is 129 cm³/mol. The summed E-state index contributed by atoms with van der Waals surface area (Å²) in [5.74, 6) is 0.757. The zero-order valence-electron chi connectivity index (χ0n) is 17.7. The number of sulfone groups is 1. The van der Waals surface area contributed by atoms with Gasteiger partial charge in [0.2, 0.25) is 0 Å². The van der Waals surface area contributed by atoms with Crippen molar-refractivity contribution in [2.75, 3.05) is 32.4 Å². The lowest BCUT2D eigenvalue weighted by Crippen LogP contribution is -2.57. The molecule has 1 aliphatic rings. The van der Waals surface area contributed by atoms with Gasteiger partial charge in [0.15, 0.2) is 15.8 Å². The van der Waals surface area contributed by atoms with Gasteiger partial charge in [-0.3, -0.25) is 9.79 Å². The second-order valence-corrected chi connectivity index (χ2v) is 10.5. The maximum Gasteiger partial charge on any atom is 0.251 e. The molecule has 0 bridgehead atoms. The third kappa shape index (κ3) is 6.84. The van der Waals surface area contributed by atoms with Gasteiger partial charge in [-0.05, 0) is 38.0 Å². The predicted octanol–water partition coefficient (Wildman–Crippen LogP) is 2.42. The quantitative estimate of drug-likeness (QED) is 0.252. The second-order valence-electron chi connectivity index (χ2n) is 7.71. The molecule has 9 heteroatoms. The molecule has 0 spiro atoms. The average Bonchev–Trinajstić information content (AvgIpc) is 2.65. The number of nitrogens with zero attached hydrogens (tertiary/aromatic N) is 2. The minimum Gasteiger partial charge on any atom is -0.352 e. The van der Waals surface area contributed by atoms with Crippen LogP contribution in [0.3, 0.4) is 0 Å². The molecule has 0 radical (unpaired) electrons. The number of benzene rings is 1. The Balaban J connectivity index is 0.00000420. The molecule has 1 heterocycles. The van der Waals surface area contributed by atoms with Gasteiger partial charge < -0.3 is 15.5 Å². The first-order chi connectivity index (χ1) is 13.2. The van der Waals surface area contributed by atoms with Gasteiger partial charge in [0.1, 0.15) is 0 Å². The highest BCUT2D eigenvalue weighted by molar-refractivity contribution is 14.0. The van der Waals surface area contributed by atoms with Crippen LogP contribution in [-0.4, -0.2) is 62.4 Å². The fourth-order valence-corrected chi connectivity index (χ4v) is 4.46. The Bertz CT molecular complexity index is 808. The first-order valence-electron chi connectivity index (χ1n) is 9.75. The van der Waals surface area contributed by atoms with Crippen molar-refractivity contribution >= 4 is 45.7 Å². The molecule has 164 valence electrons. The third-order valence-corrected chi connectivity index (χ3v) is 7.57. The highest BCUT2D eigenvalue weighted by Crippen LogP contribution is 2.23. The van der Waals surface area contributed by atoms with Crippen LogP contribution >= 0.6 is 24.0 Å². The zero-order chi connectivity index (χ0) is 20.8. The highest BCUT2D eigenvalue weighted by atomic mass is 127. The molecule has 0 atom stereocenters. The number of carbonyl (C=O) groups excluding carboxylic acids is 1. The Morgan fingerprint density at radius 3 is 2.41 bits per heavy atom. The maximum absolute atomic E-state index is 12.2. The van der Waals surface area contributed by atoms with E-state index in [2.05, 4.69) is 22.5 Å². The summed E-state index contributed by atoms with van der Waals surface area (Å²) in [6.45, 7) is 7.68. The van der Waals surface area contributed by atoms with E-state index in [0.29, 0.717) is 37.7 Å². The molecule has 0 saturated carbocycles. The van der Waals surface area contributed by atoms with Crippen LogP contribution in [0, 0.1) is 0 Å². The molecule has 2 N–H and O–H groups in total. The molecular weight excluding hydrogens is 503 g/mol. The summed E-state index contributed by atoms with van der Waals surface area (Å²) < 4.78 is 23.6. The Hall–Kier alpha value is -1.36. The van der Waals surface area contributed by atoms with Crippen molar-refractivity contribution < 1.29 is 13.2 Å². The Labute approximate surface area is 191 Å². The van der Waals surface area contributed by atoms with Gasteiger partial charge in [0.05, 0.1) is 10.5 Å². The molecule has 29 heavy (non-hydrogen) atoms. The minimum absolute atomic E-state index is 0. The van der Waals surface area contributed by atoms with Gasteiger partial charge in [0.25, 0.3) is 5.91 Å². The van der Waals surface area contributed by atoms with E-state index in [4.69, 9.17) is 0 Å². The molecule has 0 unspecified atom stereocenters. The smallest absolute Gasteiger partial charge is 0.251 e. The second kappa shape index (κ2) is 11.1. The molecule has 1 saturated heterocycles. The largest absolute Gasteiger partial charge is 0.352 e. The fourth-order valence-electron chi connectivity index (χ4n) is 3.09. The van der Waals surface area contributed by atoms with Gasteiger partial charge in [-0.1, -0.05) is 25.5 Å². The van der Waals surface area contributed by atoms with Crippen molar-refractivity contribution in [1.29, 1.82) is 0 Å². The summed E-state index contributed by atoms with van der Waals surface area (Å²) in [5.41, 5.74) is 1.67. The maximum atomic E-state index is 12.2. The number of carbonyl (C=O) groups is 1. The number of aliphatic imine (C=N–C) groups is 1. The average molecular weight is 536 g/mol. The number of rotatable bonds is 6. The summed E-state index contributed by atoms with van der Waals surface area (Å²) in [6.07, 6.45) is 2.02. The summed E-state index contributed by atoms with van der Waals surface area (Å²) in [7, 11) is -1.39. The molecule has 0 aliphatic carbocycles. The van der Waals surface area contributed by atoms with Crippen LogP contribution in [-0.2, 0) is 16.4 Å². The van der Waals surface area contributed by atoms with Crippen molar-refractivity contribution in [2.45, 2.75) is 44.9 Å². The summed E-state index contributed by atoms with van der Waals surface area (Å²) in [4.78, 5) is 18.3. The van der Waals surface area contributed by atoms with Gasteiger partial charge in [-0.2, -0.15) is 0 Å². The van der Waals surface area contributed by atoms with Crippen LogP contribution in [0.5, 0.6) is 0 Å². The van der Waals surface area contributed by atoms with Crippen LogP contribution in [0.2, 0.25) is 0 Å². The van der Waals surface area contributed by atoms with E-state index in [-0.39, 0.29) is 35.6 Å². The van der Waals surface area contributed by atoms with Crippen molar-refractivity contribution in [3.05, 3.63) is 35.4 Å². The minimum atomic E-state index is -3.09. The monoisotopic (exact) mass is 536 g/mol. The van der Waals surface area contributed by atoms with Gasteiger partial charge in [-0.15, -0.1) is 24.0 Å². The van der Waals surface area contributed by atoms with Crippen LogP contribution in [0.4, 0.5) is 0 Å². The van der Waals surface area contributed by atoms with Crippen LogP contribution in [0.1, 0.15) is 49.5 Å². The summed E-state index contributed by atoms with van der Waals surface area (Å²) >= 11 is 0. The first kappa shape index (κ1) is 25.7. The molecule has 2 rings (SSSR count). The standard InChI is InChI=1S/C20H32N4O3S.HI/c1-5-6-11-22-18(25)17-9-7-16(8-10-17)14-23-19(21-4)24-12-13-28(26,27)20(2,3)15-24;/h7-10H,5-6,11-15H2,1-4H3,(H,21,23)(H,22,25);1H. The lowest BCUT2D eigenvalue weighted by molar-refractivity contribution is 0.0953. The molecule has 1 aromatic carbocycles. The van der Waals surface area contributed by atoms with E-state index in [1.54, 1.807) is 20.9 Å². The van der Waals surface area contributed by atoms with Crippen LogP contribution < -0.4 is 10.6 Å². The highest BCUT2D eigenvalue weighted by Gasteiger charge is 2.40. The normalized spacial score (nSPS) is 17.9. The molecule has 1 fully saturated rings. The van der Waals surface area contributed by atoms with E-state index < -0.39 is 14.6 Å². The van der Waals surface area contributed by atoms with Crippen molar-refractivity contribution in [3.63, 3.8) is 0 Å². The van der Waals surface area contributed by atoms with Crippen LogP contribution in [0.15, 0.2) is 29.3 Å². The lowest BCUT2D eigenvalue weighted by Gasteiger charge is -2.39. The molecule has 0 aromatic heterocycles. The number of unbranched alkanes of at least 4 members (excludes halogenated alkanes) is 1. The summed E-state index contributed by atoms with van der Waals surface area (Å²) in [5, 5.41) is 6.20. The van der Waals surface area contributed by atoms with Gasteiger partial charge in [0, 0.05) is 38.8 Å². The number of guanidine groups is 1. The Morgan fingerprint density at radius 2 is 1.86 bits per heavy atom. The fraction of sp³-hybridized carbons (Fsp3) is 0.600. The topological polar surface area (TPSA) is 90.9 Å². The first-order valence-corrected chi connectivity index (χ1v) is 11.4. The number of hydrogen-bond acceptors (Lipinski definition) is 4. The van der Waals surface area contributed by atoms with Crippen molar-refractivity contribution in [1.82, 2.24) is 15.5 Å². The molecule has 1 amide bonds. The lowest BCUT2D eigenvalue weighted by atomic mass is 10.1. The Morgan fingerprint density at radius 1 is 1.21 bits per heavy atom. The number of halogens is 1. The van der Waals surface area contributed by atoms with E-state index >= 15 is 0 Å². The number of nitrogens with one attached hydrogen (secondary N) is 2. The molecule has 7 nitrogen and oxygen atoms in total. The van der Waals surface area contributed by atoms with Crippen molar-refractivity contribution in [2.24, 2.45) is 4.99 Å². The summed E-state index contributed by atoms with van der Waals surface area (Å²) in [6, 6.07) is 7.47. The van der Waals surface area contributed by atoms with Crippen molar-refractivity contribution in [3.8, 4) is 0 Å². The Kier molecular flexibility index (Phi) is 9.87. The molecule has 1 aromatic rings. The number of amides is 1. The van der Waals surface area contributed by atoms with Gasteiger partial charge >= 0.3 is 0 Å². The van der Waals surface area contributed by atoms with Gasteiger partial charge in [-0.25, -0.2) is 8.42 Å². The van der Waals surface area contributed by atoms with Crippen LogP contribution in [0.25, 0.3) is 0 Å². The molecular formula is C20H33IN4O3S. The van der Waals surface area contributed by atoms with E-state index in [1.165, 1.54) is 0 Å². The van der Waals surface area contributed by atoms with E-state index in [1.807, 2.05) is 29.2 Å².